The summed E-state index contributed by atoms with van der Waals surface area (Å²) >= 11 is 5.84. The fourth-order valence-corrected chi connectivity index (χ4v) is 2.48. The van der Waals surface area contributed by atoms with E-state index in [1.54, 1.807) is 24.3 Å². The second-order valence-corrected chi connectivity index (χ2v) is 6.03. The summed E-state index contributed by atoms with van der Waals surface area (Å²) in [6.07, 6.45) is 1.41. The molecule has 0 unspecified atom stereocenters. The van der Waals surface area contributed by atoms with Crippen LogP contribution in [-0.2, 0) is 6.54 Å². The number of halogens is 3. The number of nitrogens with zero attached hydrogens (tertiary/aromatic N) is 1. The Morgan fingerprint density at radius 2 is 1.73 bits per heavy atom. The molecule has 0 bridgehead atoms. The Hall–Kier alpha value is -2.99. The molecule has 0 saturated heterocycles. The van der Waals surface area contributed by atoms with Crippen molar-refractivity contribution in [3.63, 3.8) is 0 Å². The third-order valence-electron chi connectivity index (χ3n) is 3.69. The Morgan fingerprint density at radius 3 is 2.42 bits per heavy atom. The van der Waals surface area contributed by atoms with Gasteiger partial charge in [-0.3, -0.25) is 9.59 Å². The van der Waals surface area contributed by atoms with Crippen LogP contribution in [0.1, 0.15) is 15.9 Å². The van der Waals surface area contributed by atoms with Gasteiger partial charge in [-0.25, -0.2) is 8.78 Å². The van der Waals surface area contributed by atoms with E-state index in [0.29, 0.717) is 5.02 Å². The maximum absolute atomic E-state index is 13.2. The van der Waals surface area contributed by atoms with Crippen LogP contribution < -0.4 is 10.9 Å². The standard InChI is InChI=1S/C19H13ClF2N2O2/c20-14-4-1-12(2-5-14)10-24-11-13(3-8-18(24)25)19(26)23-15-6-7-16(21)17(22)9-15/h1-9,11H,10H2,(H,23,26). The normalized spacial score (nSPS) is 10.6. The van der Waals surface area contributed by atoms with E-state index in [1.165, 1.54) is 29.0 Å². The lowest BCUT2D eigenvalue weighted by Gasteiger charge is -2.09. The summed E-state index contributed by atoms with van der Waals surface area (Å²) in [7, 11) is 0. The summed E-state index contributed by atoms with van der Waals surface area (Å²) in [5.74, 6) is -2.60. The second kappa shape index (κ2) is 7.49. The van der Waals surface area contributed by atoms with Gasteiger partial charge in [0.25, 0.3) is 11.5 Å². The Balaban J connectivity index is 1.81. The molecule has 0 aliphatic rings. The number of carbonyl (C=O) groups is 1. The molecular formula is C19H13ClF2N2O2. The molecule has 1 heterocycles. The van der Waals surface area contributed by atoms with Gasteiger partial charge in [0, 0.05) is 29.0 Å². The second-order valence-electron chi connectivity index (χ2n) is 5.59. The average molecular weight is 375 g/mol. The topological polar surface area (TPSA) is 51.1 Å². The minimum atomic E-state index is -1.06. The largest absolute Gasteiger partial charge is 0.322 e. The molecule has 1 amide bonds. The number of rotatable bonds is 4. The van der Waals surface area contributed by atoms with E-state index >= 15 is 0 Å². The van der Waals surface area contributed by atoms with Crippen LogP contribution >= 0.6 is 11.6 Å². The van der Waals surface area contributed by atoms with Crippen molar-refractivity contribution in [1.82, 2.24) is 4.57 Å². The highest BCUT2D eigenvalue weighted by atomic mass is 35.5. The van der Waals surface area contributed by atoms with Gasteiger partial charge in [-0.05, 0) is 35.9 Å². The summed E-state index contributed by atoms with van der Waals surface area (Å²) in [5, 5.41) is 3.05. The van der Waals surface area contributed by atoms with E-state index in [-0.39, 0.29) is 23.4 Å². The van der Waals surface area contributed by atoms with Gasteiger partial charge in [0.1, 0.15) is 0 Å². The van der Waals surface area contributed by atoms with Crippen molar-refractivity contribution < 1.29 is 13.6 Å². The maximum atomic E-state index is 13.2. The van der Waals surface area contributed by atoms with Crippen LogP contribution in [0.5, 0.6) is 0 Å². The molecule has 1 aromatic heterocycles. The quantitative estimate of drug-likeness (QED) is 0.748. The molecule has 0 spiro atoms. The molecule has 3 rings (SSSR count). The monoisotopic (exact) mass is 374 g/mol. The van der Waals surface area contributed by atoms with Gasteiger partial charge in [-0.15, -0.1) is 0 Å². The van der Waals surface area contributed by atoms with E-state index in [0.717, 1.165) is 17.7 Å². The smallest absolute Gasteiger partial charge is 0.257 e. The Labute approximate surface area is 152 Å². The summed E-state index contributed by atoms with van der Waals surface area (Å²) in [4.78, 5) is 24.3. The van der Waals surface area contributed by atoms with Gasteiger partial charge in [0.2, 0.25) is 0 Å². The van der Waals surface area contributed by atoms with E-state index in [1.807, 2.05) is 0 Å². The van der Waals surface area contributed by atoms with Gasteiger partial charge in [-0.1, -0.05) is 23.7 Å². The molecule has 0 fully saturated rings. The highest BCUT2D eigenvalue weighted by Crippen LogP contribution is 2.14. The van der Waals surface area contributed by atoms with Crippen LogP contribution in [0.3, 0.4) is 0 Å². The average Bonchev–Trinajstić information content (AvgIpc) is 2.62. The fourth-order valence-electron chi connectivity index (χ4n) is 2.35. The number of aromatic nitrogens is 1. The van der Waals surface area contributed by atoms with Crippen molar-refractivity contribution in [1.29, 1.82) is 0 Å². The first-order chi connectivity index (χ1) is 12.4. The Bertz CT molecular complexity index is 1020. The number of hydrogen-bond acceptors (Lipinski definition) is 2. The Morgan fingerprint density at radius 1 is 1.00 bits per heavy atom. The molecule has 26 heavy (non-hydrogen) atoms. The molecule has 0 radical (unpaired) electrons. The number of hydrogen-bond donors (Lipinski definition) is 1. The van der Waals surface area contributed by atoms with E-state index in [9.17, 15) is 18.4 Å². The lowest BCUT2D eigenvalue weighted by atomic mass is 10.2. The van der Waals surface area contributed by atoms with Gasteiger partial charge < -0.3 is 9.88 Å². The lowest BCUT2D eigenvalue weighted by Crippen LogP contribution is -2.22. The van der Waals surface area contributed by atoms with Crippen LogP contribution in [0.2, 0.25) is 5.02 Å². The minimum absolute atomic E-state index is 0.115. The van der Waals surface area contributed by atoms with Gasteiger partial charge >= 0.3 is 0 Å². The molecule has 7 heteroatoms. The number of benzene rings is 2. The first kappa shape index (κ1) is 17.8. The van der Waals surface area contributed by atoms with E-state index in [4.69, 9.17) is 11.6 Å². The van der Waals surface area contributed by atoms with E-state index < -0.39 is 17.5 Å². The molecule has 3 aromatic rings. The molecule has 0 saturated carbocycles. The summed E-state index contributed by atoms with van der Waals surface area (Å²) in [5.41, 5.74) is 0.895. The minimum Gasteiger partial charge on any atom is -0.322 e. The number of nitrogens with one attached hydrogen (secondary N) is 1. The predicted octanol–water partition coefficient (Wildman–Crippen LogP) is 4.08. The molecular weight excluding hydrogens is 362 g/mol. The lowest BCUT2D eigenvalue weighted by molar-refractivity contribution is 0.102. The third kappa shape index (κ3) is 4.15. The van der Waals surface area contributed by atoms with Gasteiger partial charge in [0.15, 0.2) is 11.6 Å². The van der Waals surface area contributed by atoms with E-state index in [2.05, 4.69) is 5.32 Å². The molecule has 2 aromatic carbocycles. The van der Waals surface area contributed by atoms with Crippen molar-refractivity contribution in [2.75, 3.05) is 5.32 Å². The maximum Gasteiger partial charge on any atom is 0.257 e. The fraction of sp³-hybridized carbons (Fsp3) is 0.0526. The first-order valence-corrected chi connectivity index (χ1v) is 8.01. The van der Waals surface area contributed by atoms with Crippen molar-refractivity contribution in [2.45, 2.75) is 6.54 Å². The van der Waals surface area contributed by atoms with Crippen molar-refractivity contribution in [3.05, 3.63) is 98.9 Å². The zero-order chi connectivity index (χ0) is 18.7. The molecule has 4 nitrogen and oxygen atoms in total. The Kier molecular flexibility index (Phi) is 5.14. The van der Waals surface area contributed by atoms with Crippen molar-refractivity contribution >= 4 is 23.2 Å². The van der Waals surface area contributed by atoms with Gasteiger partial charge in [-0.2, -0.15) is 0 Å². The summed E-state index contributed by atoms with van der Waals surface area (Å²) in [6, 6.07) is 12.7. The summed E-state index contributed by atoms with van der Waals surface area (Å²) < 4.78 is 27.6. The zero-order valence-electron chi connectivity index (χ0n) is 13.4. The number of amides is 1. The van der Waals surface area contributed by atoms with Crippen molar-refractivity contribution in [2.24, 2.45) is 0 Å². The molecule has 132 valence electrons. The molecule has 0 aliphatic carbocycles. The first-order valence-electron chi connectivity index (χ1n) is 7.64. The highest BCUT2D eigenvalue weighted by molar-refractivity contribution is 6.30. The molecule has 0 aliphatic heterocycles. The van der Waals surface area contributed by atoms with Crippen LogP contribution in [0, 0.1) is 11.6 Å². The van der Waals surface area contributed by atoms with Crippen LogP contribution in [0.15, 0.2) is 65.6 Å². The molecule has 0 atom stereocenters. The predicted molar refractivity (Wildman–Crippen MR) is 95.6 cm³/mol. The zero-order valence-corrected chi connectivity index (χ0v) is 14.1. The third-order valence-corrected chi connectivity index (χ3v) is 3.94. The van der Waals surface area contributed by atoms with Crippen LogP contribution in [0.25, 0.3) is 0 Å². The number of carbonyl (C=O) groups excluding carboxylic acids is 1. The molecule has 1 N–H and O–H groups in total. The SMILES string of the molecule is O=C(Nc1ccc(F)c(F)c1)c1ccc(=O)n(Cc2ccc(Cl)cc2)c1. The van der Waals surface area contributed by atoms with Crippen LogP contribution in [-0.4, -0.2) is 10.5 Å². The number of pyridine rings is 1. The van der Waals surface area contributed by atoms with Crippen LogP contribution in [0.4, 0.5) is 14.5 Å². The van der Waals surface area contributed by atoms with Crippen molar-refractivity contribution in [3.8, 4) is 0 Å². The number of anilines is 1. The summed E-state index contributed by atoms with van der Waals surface area (Å²) in [6.45, 7) is 0.266. The highest BCUT2D eigenvalue weighted by Gasteiger charge is 2.10. The van der Waals surface area contributed by atoms with Gasteiger partial charge in [0.05, 0.1) is 12.1 Å².